The van der Waals surface area contributed by atoms with E-state index < -0.39 is 40.7 Å². The summed E-state index contributed by atoms with van der Waals surface area (Å²) in [6.07, 6.45) is 1.77. The number of alkyl halides is 3. The molecule has 5 aliphatic rings. The van der Waals surface area contributed by atoms with Crippen molar-refractivity contribution in [3.8, 4) is 6.07 Å². The van der Waals surface area contributed by atoms with Gasteiger partial charge in [-0.15, -0.1) is 11.3 Å². The first-order valence-corrected chi connectivity index (χ1v) is 17.6. The van der Waals surface area contributed by atoms with Crippen molar-refractivity contribution in [2.75, 3.05) is 31.5 Å². The van der Waals surface area contributed by atoms with Crippen LogP contribution in [-0.2, 0) is 11.2 Å². The van der Waals surface area contributed by atoms with E-state index in [1.807, 2.05) is 24.8 Å². The topological polar surface area (TPSA) is 130 Å². The maximum absolute atomic E-state index is 13.1. The van der Waals surface area contributed by atoms with E-state index in [0.717, 1.165) is 59.6 Å². The highest BCUT2D eigenvalue weighted by atomic mass is 32.1. The summed E-state index contributed by atoms with van der Waals surface area (Å²) in [5.74, 6) is 0.178. The highest BCUT2D eigenvalue weighted by Crippen LogP contribution is 2.64. The van der Waals surface area contributed by atoms with Gasteiger partial charge in [-0.2, -0.15) is 18.4 Å². The average Bonchev–Trinajstić information content (AvgIpc) is 3.59. The van der Waals surface area contributed by atoms with E-state index in [9.17, 15) is 28.3 Å². The van der Waals surface area contributed by atoms with Gasteiger partial charge in [0.15, 0.2) is 5.66 Å². The monoisotopic (exact) mass is 706 g/mol. The number of β-amino-alcohol motifs (C(OH)–C–C–N with tert-alkyl or cyclic N) is 1. The molecular formula is C36H41F3N8O2S. The van der Waals surface area contributed by atoms with E-state index >= 15 is 0 Å². The zero-order valence-electron chi connectivity index (χ0n) is 28.8. The van der Waals surface area contributed by atoms with Crippen molar-refractivity contribution in [3.63, 3.8) is 0 Å². The van der Waals surface area contributed by atoms with Crippen LogP contribution in [0.4, 0.5) is 19.0 Å². The Morgan fingerprint density at radius 2 is 1.94 bits per heavy atom. The predicted molar refractivity (Wildman–Crippen MR) is 186 cm³/mol. The molecule has 0 radical (unpaired) electrons. The van der Waals surface area contributed by atoms with Gasteiger partial charge in [0.2, 0.25) is 5.91 Å². The number of fused-ring (bicyclic) bond motifs is 1. The molecule has 10 nitrogen and oxygen atoms in total. The molecule has 7 rings (SSSR count). The molecule has 2 fully saturated rings. The number of nitrogens with one attached hydrogen (secondary N) is 2. The summed E-state index contributed by atoms with van der Waals surface area (Å²) in [6.45, 7) is 16.3. The number of aliphatic hydroxyl groups excluding tert-OH is 1. The molecule has 4 aliphatic heterocycles. The summed E-state index contributed by atoms with van der Waals surface area (Å²) in [6, 6.07) is 3.95. The number of allylic oxidation sites excluding steroid dienone is 1. The van der Waals surface area contributed by atoms with Crippen LogP contribution in [0.5, 0.6) is 0 Å². The summed E-state index contributed by atoms with van der Waals surface area (Å²) in [5.41, 5.74) is 1.14. The van der Waals surface area contributed by atoms with Crippen molar-refractivity contribution in [3.05, 3.63) is 64.0 Å². The van der Waals surface area contributed by atoms with Gasteiger partial charge in [0.25, 0.3) is 0 Å². The number of carbonyl (C=O) groups excluding carboxylic acids is 1. The Labute approximate surface area is 293 Å². The third-order valence-electron chi connectivity index (χ3n) is 11.7. The molecular weight excluding hydrogens is 666 g/mol. The van der Waals surface area contributed by atoms with Crippen LogP contribution >= 0.6 is 11.3 Å². The number of nitriles is 1. The maximum atomic E-state index is 13.1. The number of halogens is 3. The van der Waals surface area contributed by atoms with Crippen LogP contribution in [0.3, 0.4) is 0 Å². The fourth-order valence-electron chi connectivity index (χ4n) is 9.21. The molecule has 2 saturated heterocycles. The molecule has 14 heteroatoms. The Kier molecular flexibility index (Phi) is 7.90. The highest BCUT2D eigenvalue weighted by molar-refractivity contribution is 7.18. The summed E-state index contributed by atoms with van der Waals surface area (Å²) >= 11 is 1.04. The smallest absolute Gasteiger partial charge is 0.390 e. The number of aliphatic imine (C=N–C) groups is 1. The van der Waals surface area contributed by atoms with Crippen LogP contribution in [0, 0.1) is 22.2 Å². The molecule has 0 aromatic carbocycles. The van der Waals surface area contributed by atoms with Crippen LogP contribution in [0.1, 0.15) is 52.3 Å². The van der Waals surface area contributed by atoms with Gasteiger partial charge >= 0.3 is 6.18 Å². The molecule has 50 heavy (non-hydrogen) atoms. The lowest BCUT2D eigenvalue weighted by Gasteiger charge is -2.62. The quantitative estimate of drug-likeness (QED) is 0.263. The molecule has 0 spiro atoms. The number of nitrogens with zero attached hydrogens (tertiary/aromatic N) is 6. The Morgan fingerprint density at radius 3 is 2.60 bits per heavy atom. The van der Waals surface area contributed by atoms with E-state index in [4.69, 9.17) is 4.99 Å². The Morgan fingerprint density at radius 1 is 1.22 bits per heavy atom. The van der Waals surface area contributed by atoms with E-state index in [1.165, 1.54) is 18.5 Å². The molecule has 5 unspecified atom stereocenters. The second-order valence-electron chi connectivity index (χ2n) is 14.9. The molecule has 264 valence electrons. The first-order chi connectivity index (χ1) is 23.5. The number of anilines is 1. The number of piperidine rings is 2. The molecule has 3 N–H and O–H groups in total. The van der Waals surface area contributed by atoms with Gasteiger partial charge in [0.1, 0.15) is 28.7 Å². The molecule has 1 aliphatic carbocycles. The van der Waals surface area contributed by atoms with Crippen molar-refractivity contribution in [1.29, 1.82) is 5.26 Å². The van der Waals surface area contributed by atoms with Crippen molar-refractivity contribution in [2.45, 2.75) is 83.4 Å². The van der Waals surface area contributed by atoms with Crippen molar-refractivity contribution in [2.24, 2.45) is 15.8 Å². The lowest BCUT2D eigenvalue weighted by atomic mass is 9.51. The Balaban J connectivity index is 1.21. The number of carbonyl (C=O) groups is 1. The Bertz CT molecular complexity index is 1970. The van der Waals surface area contributed by atoms with Crippen molar-refractivity contribution >= 4 is 39.5 Å². The lowest BCUT2D eigenvalue weighted by Crippen LogP contribution is -2.68. The largest absolute Gasteiger partial charge is 0.393 e. The third kappa shape index (κ3) is 5.11. The number of likely N-dealkylation sites (tertiary alicyclic amines) is 1. The standard InChI is InChI=1S/C36H41F3N8O2S/c1-7-27(49)45-35(6)29-28-32(3,17-43-35)26(48)16-47-22(15-40)12-25(34(28,47)5)20(2)33(29,4)18-46-10-8-21(9-11-46)44-30-24-13-23(14-36(37,38)39)50-31(24)42-19-41-30/h7,12-13,17,19,21,26,48H,1,8-11,14,16,18H2,2-6H3,(H,45,49)(H,41,42,44). The Hall–Kier alpha value is -4.06. The molecule has 0 saturated carbocycles. The minimum atomic E-state index is -4.30. The number of aromatic nitrogens is 2. The number of hydrogen-bond acceptors (Lipinski definition) is 10. The van der Waals surface area contributed by atoms with Gasteiger partial charge in [-0.05, 0) is 75.5 Å². The number of rotatable bonds is 7. The molecule has 2 aromatic heterocycles. The highest BCUT2D eigenvalue weighted by Gasteiger charge is 2.66. The van der Waals surface area contributed by atoms with Crippen molar-refractivity contribution < 1.29 is 23.1 Å². The summed E-state index contributed by atoms with van der Waals surface area (Å²) in [7, 11) is 0. The predicted octanol–water partition coefficient (Wildman–Crippen LogP) is 5.27. The third-order valence-corrected chi connectivity index (χ3v) is 12.8. The zero-order valence-corrected chi connectivity index (χ0v) is 29.6. The van der Waals surface area contributed by atoms with Gasteiger partial charge < -0.3 is 25.5 Å². The number of aliphatic hydroxyl groups is 1. The van der Waals surface area contributed by atoms with E-state index in [0.29, 0.717) is 28.3 Å². The van der Waals surface area contributed by atoms with Crippen LogP contribution in [0.2, 0.25) is 0 Å². The minimum absolute atomic E-state index is 0.0527. The SMILES string of the molecule is C=CC(=O)NC1(C)N=CC2(C)C3=C1C(C)(CN1CCC(Nc4ncnc5sc(CC(F)(F)F)cc45)CC1)C(C)=C1C=C(C#N)N(CC2O)C13C. The molecule has 0 bridgehead atoms. The van der Waals surface area contributed by atoms with E-state index in [2.05, 4.69) is 58.9 Å². The average molecular weight is 707 g/mol. The van der Waals surface area contributed by atoms with Crippen LogP contribution in [-0.4, -0.2) is 92.7 Å². The van der Waals surface area contributed by atoms with Gasteiger partial charge in [-0.25, -0.2) is 9.97 Å². The van der Waals surface area contributed by atoms with Crippen LogP contribution in [0.15, 0.2) is 64.1 Å². The van der Waals surface area contributed by atoms with E-state index in [-0.39, 0.29) is 23.4 Å². The second-order valence-corrected chi connectivity index (χ2v) is 16.0. The summed E-state index contributed by atoms with van der Waals surface area (Å²) < 4.78 is 39.3. The molecule has 2 aromatic rings. The fourth-order valence-corrected chi connectivity index (χ4v) is 10.2. The normalized spacial score (nSPS) is 32.6. The number of hydrogen-bond donors (Lipinski definition) is 3. The van der Waals surface area contributed by atoms with Gasteiger partial charge in [-0.3, -0.25) is 9.79 Å². The molecule has 1 amide bonds. The second kappa shape index (κ2) is 11.5. The lowest BCUT2D eigenvalue weighted by molar-refractivity contribution is -0.126. The van der Waals surface area contributed by atoms with Crippen LogP contribution in [0.25, 0.3) is 10.2 Å². The summed E-state index contributed by atoms with van der Waals surface area (Å²) in [4.78, 5) is 31.7. The van der Waals surface area contributed by atoms with Crippen LogP contribution < -0.4 is 10.6 Å². The minimum Gasteiger partial charge on any atom is -0.390 e. The maximum Gasteiger partial charge on any atom is 0.393 e. The first-order valence-electron chi connectivity index (χ1n) is 16.8. The van der Waals surface area contributed by atoms with E-state index in [1.54, 1.807) is 6.21 Å². The summed E-state index contributed by atoms with van der Waals surface area (Å²) in [5, 5.41) is 29.1. The van der Waals surface area contributed by atoms with Gasteiger partial charge in [0, 0.05) is 48.7 Å². The number of dihydropyridines is 1. The zero-order chi connectivity index (χ0) is 36.0. The first kappa shape index (κ1) is 34.4. The molecule has 6 heterocycles. The number of thiophene rings is 1. The van der Waals surface area contributed by atoms with Crippen molar-refractivity contribution in [1.82, 2.24) is 25.1 Å². The molecule has 5 atom stereocenters. The number of amides is 1. The van der Waals surface area contributed by atoms with Gasteiger partial charge in [-0.1, -0.05) is 19.1 Å². The fraction of sp³-hybridized carbons (Fsp3) is 0.528. The van der Waals surface area contributed by atoms with Gasteiger partial charge in [0.05, 0.1) is 28.9 Å².